The van der Waals surface area contributed by atoms with Gasteiger partial charge in [0, 0.05) is 39.8 Å². The third kappa shape index (κ3) is 3.37. The lowest BCUT2D eigenvalue weighted by molar-refractivity contribution is -0.146. The van der Waals surface area contributed by atoms with Crippen molar-refractivity contribution in [3.63, 3.8) is 0 Å². The van der Waals surface area contributed by atoms with Gasteiger partial charge in [0.1, 0.15) is 5.82 Å². The zero-order chi connectivity index (χ0) is 19.9. The second-order valence-corrected chi connectivity index (χ2v) is 7.17. The molecule has 0 aliphatic carbocycles. The smallest absolute Gasteiger partial charge is 0.367 e. The van der Waals surface area contributed by atoms with Crippen molar-refractivity contribution in [3.8, 4) is 0 Å². The van der Waals surface area contributed by atoms with Gasteiger partial charge in [0.05, 0.1) is 17.1 Å². The molecule has 2 heterocycles. The average Bonchev–Trinajstić information content (AvgIpc) is 2.95. The molecule has 0 amide bonds. The van der Waals surface area contributed by atoms with Crippen LogP contribution >= 0.6 is 0 Å². The first-order valence-electron chi connectivity index (χ1n) is 9.25. The number of halogens is 4. The second-order valence-electron chi connectivity index (χ2n) is 7.17. The predicted octanol–water partition coefficient (Wildman–Crippen LogP) is 3.58. The molecule has 0 bridgehead atoms. The Hall–Kier alpha value is -2.48. The average molecular weight is 394 g/mol. The Labute approximate surface area is 161 Å². The van der Waals surface area contributed by atoms with Crippen LogP contribution in [0.15, 0.2) is 42.5 Å². The monoisotopic (exact) mass is 394 g/mol. The van der Waals surface area contributed by atoms with Gasteiger partial charge in [0.15, 0.2) is 0 Å². The van der Waals surface area contributed by atoms with Gasteiger partial charge >= 0.3 is 6.18 Å². The number of piperazine rings is 1. The molecular weight excluding hydrogens is 372 g/mol. The third-order valence-electron chi connectivity index (χ3n) is 5.31. The highest BCUT2D eigenvalue weighted by Gasteiger charge is 2.52. The van der Waals surface area contributed by atoms with Crippen molar-refractivity contribution in [3.05, 3.63) is 53.8 Å². The summed E-state index contributed by atoms with van der Waals surface area (Å²) in [6.45, 7) is 3.05. The van der Waals surface area contributed by atoms with Crippen molar-refractivity contribution in [2.45, 2.75) is 18.9 Å². The molecule has 2 aliphatic rings. The standard InChI is InChI=1S/C20H22F4N4/c1-26-18-16(27-10-8-25-9-11-27)6-3-7-17(18)28(19(26)20(22,23)24)13-14-4-2-5-15(21)12-14/h2-7,12,19,25H,8-11,13H2,1H3. The van der Waals surface area contributed by atoms with Gasteiger partial charge in [-0.2, -0.15) is 13.2 Å². The van der Waals surface area contributed by atoms with Gasteiger partial charge in [0.2, 0.25) is 6.17 Å². The zero-order valence-electron chi connectivity index (χ0n) is 15.5. The molecule has 2 aromatic carbocycles. The normalized spacial score (nSPS) is 19.9. The fraction of sp³-hybridized carbons (Fsp3) is 0.400. The lowest BCUT2D eigenvalue weighted by Crippen LogP contribution is -2.51. The number of anilines is 3. The van der Waals surface area contributed by atoms with Crippen molar-refractivity contribution < 1.29 is 17.6 Å². The Kier molecular flexibility index (Phi) is 4.82. The summed E-state index contributed by atoms with van der Waals surface area (Å²) >= 11 is 0. The van der Waals surface area contributed by atoms with E-state index < -0.39 is 18.2 Å². The van der Waals surface area contributed by atoms with E-state index in [0.717, 1.165) is 31.9 Å². The van der Waals surface area contributed by atoms with Crippen LogP contribution in [0.2, 0.25) is 0 Å². The first kappa shape index (κ1) is 18.9. The highest BCUT2D eigenvalue weighted by atomic mass is 19.4. The summed E-state index contributed by atoms with van der Waals surface area (Å²) in [5.41, 5.74) is 2.40. The maximum Gasteiger partial charge on any atom is 0.427 e. The first-order valence-corrected chi connectivity index (χ1v) is 9.25. The van der Waals surface area contributed by atoms with Crippen LogP contribution in [-0.4, -0.2) is 45.6 Å². The minimum absolute atomic E-state index is 0.0235. The summed E-state index contributed by atoms with van der Waals surface area (Å²) in [6, 6.07) is 11.1. The first-order chi connectivity index (χ1) is 13.4. The van der Waals surface area contributed by atoms with Crippen LogP contribution in [0, 0.1) is 5.82 Å². The summed E-state index contributed by atoms with van der Waals surface area (Å²) in [4.78, 5) is 4.73. The van der Waals surface area contributed by atoms with E-state index >= 15 is 0 Å². The van der Waals surface area contributed by atoms with Crippen molar-refractivity contribution in [1.82, 2.24) is 5.32 Å². The number of nitrogens with zero attached hydrogens (tertiary/aromatic N) is 3. The van der Waals surface area contributed by atoms with Crippen LogP contribution in [0.4, 0.5) is 34.6 Å². The van der Waals surface area contributed by atoms with E-state index in [2.05, 4.69) is 10.2 Å². The van der Waals surface area contributed by atoms with Gasteiger partial charge in [0.25, 0.3) is 0 Å². The second kappa shape index (κ2) is 7.16. The Bertz CT molecular complexity index is 848. The Balaban J connectivity index is 1.77. The molecule has 1 unspecified atom stereocenters. The molecule has 4 nitrogen and oxygen atoms in total. The number of hydrogen-bond acceptors (Lipinski definition) is 4. The van der Waals surface area contributed by atoms with E-state index in [1.165, 1.54) is 35.0 Å². The van der Waals surface area contributed by atoms with Crippen LogP contribution in [0.3, 0.4) is 0 Å². The molecule has 0 spiro atoms. The van der Waals surface area contributed by atoms with Crippen molar-refractivity contribution in [1.29, 1.82) is 0 Å². The molecule has 28 heavy (non-hydrogen) atoms. The van der Waals surface area contributed by atoms with Crippen LogP contribution < -0.4 is 20.0 Å². The van der Waals surface area contributed by atoms with Gasteiger partial charge in [-0.05, 0) is 29.8 Å². The number of alkyl halides is 3. The molecule has 0 saturated carbocycles. The number of para-hydroxylation sites is 1. The summed E-state index contributed by atoms with van der Waals surface area (Å²) in [7, 11) is 1.48. The predicted molar refractivity (Wildman–Crippen MR) is 102 cm³/mol. The SMILES string of the molecule is CN1c2c(N3CCNCC3)cccc2N(Cc2cccc(F)c2)C1C(F)(F)F. The van der Waals surface area contributed by atoms with Crippen molar-refractivity contribution in [2.24, 2.45) is 0 Å². The van der Waals surface area contributed by atoms with Crippen molar-refractivity contribution >= 4 is 17.1 Å². The van der Waals surface area contributed by atoms with E-state index in [9.17, 15) is 17.6 Å². The molecule has 1 N–H and O–H groups in total. The lowest BCUT2D eigenvalue weighted by Gasteiger charge is -2.34. The molecule has 1 atom stereocenters. The molecule has 1 saturated heterocycles. The Morgan fingerprint density at radius 3 is 2.39 bits per heavy atom. The van der Waals surface area contributed by atoms with Gasteiger partial charge in [-0.25, -0.2) is 4.39 Å². The summed E-state index contributed by atoms with van der Waals surface area (Å²) < 4.78 is 55.6. The summed E-state index contributed by atoms with van der Waals surface area (Å²) in [6.07, 6.45) is -6.25. The highest BCUT2D eigenvalue weighted by molar-refractivity contribution is 5.89. The van der Waals surface area contributed by atoms with Gasteiger partial charge in [-0.1, -0.05) is 18.2 Å². The molecular formula is C20H22F4N4. The molecule has 0 radical (unpaired) electrons. The van der Waals surface area contributed by atoms with Crippen LogP contribution in [-0.2, 0) is 6.54 Å². The number of fused-ring (bicyclic) bond motifs is 1. The van der Waals surface area contributed by atoms with Crippen LogP contribution in [0.25, 0.3) is 0 Å². The minimum Gasteiger partial charge on any atom is -0.367 e. The fourth-order valence-electron chi connectivity index (χ4n) is 4.14. The molecule has 8 heteroatoms. The Morgan fingerprint density at radius 2 is 1.71 bits per heavy atom. The highest BCUT2D eigenvalue weighted by Crippen LogP contribution is 2.49. The number of hydrogen-bond donors (Lipinski definition) is 1. The summed E-state index contributed by atoms with van der Waals surface area (Å²) in [5.74, 6) is -0.455. The lowest BCUT2D eigenvalue weighted by atomic mass is 10.1. The van der Waals surface area contributed by atoms with E-state index in [0.29, 0.717) is 16.9 Å². The molecule has 0 aromatic heterocycles. The molecule has 2 aromatic rings. The van der Waals surface area contributed by atoms with Crippen LogP contribution in [0.5, 0.6) is 0 Å². The fourth-order valence-corrected chi connectivity index (χ4v) is 4.14. The Morgan fingerprint density at radius 1 is 1.04 bits per heavy atom. The van der Waals surface area contributed by atoms with E-state index in [1.807, 2.05) is 6.07 Å². The van der Waals surface area contributed by atoms with Gasteiger partial charge in [-0.15, -0.1) is 0 Å². The van der Waals surface area contributed by atoms with Gasteiger partial charge in [-0.3, -0.25) is 0 Å². The number of nitrogens with one attached hydrogen (secondary N) is 1. The molecule has 150 valence electrons. The van der Waals surface area contributed by atoms with E-state index in [1.54, 1.807) is 18.2 Å². The molecule has 1 fully saturated rings. The molecule has 4 rings (SSSR count). The zero-order valence-corrected chi connectivity index (χ0v) is 15.5. The van der Waals surface area contributed by atoms with Crippen molar-refractivity contribution in [2.75, 3.05) is 47.9 Å². The third-order valence-corrected chi connectivity index (χ3v) is 5.31. The maximum absolute atomic E-state index is 14.0. The molecule has 2 aliphatic heterocycles. The number of benzene rings is 2. The topological polar surface area (TPSA) is 21.8 Å². The van der Waals surface area contributed by atoms with E-state index in [4.69, 9.17) is 0 Å². The van der Waals surface area contributed by atoms with E-state index in [-0.39, 0.29) is 6.54 Å². The maximum atomic E-state index is 14.0. The largest absolute Gasteiger partial charge is 0.427 e. The quantitative estimate of drug-likeness (QED) is 0.804. The number of rotatable bonds is 3. The van der Waals surface area contributed by atoms with Crippen LogP contribution in [0.1, 0.15) is 5.56 Å². The van der Waals surface area contributed by atoms with Gasteiger partial charge < -0.3 is 20.0 Å². The summed E-state index contributed by atoms with van der Waals surface area (Å²) in [5, 5.41) is 3.26. The minimum atomic E-state index is -4.46.